The smallest absolute Gasteiger partial charge is 0.325 e. The van der Waals surface area contributed by atoms with Gasteiger partial charge in [-0.15, -0.1) is 0 Å². The molecule has 0 radical (unpaired) electrons. The van der Waals surface area contributed by atoms with Crippen LogP contribution in [0.4, 0.5) is 4.79 Å². The van der Waals surface area contributed by atoms with Crippen molar-refractivity contribution in [3.8, 4) is 0 Å². The SMILES string of the molecule is CCCc1ccc(C(=O)CN2C(=O)NC(C)(c3cc(C)oc3C)C2=O)cc1. The molecule has 1 aromatic heterocycles. The number of hydrogen-bond acceptors (Lipinski definition) is 4. The van der Waals surface area contributed by atoms with Crippen LogP contribution < -0.4 is 5.32 Å². The van der Waals surface area contributed by atoms with Crippen LogP contribution in [0.25, 0.3) is 0 Å². The number of rotatable bonds is 6. The molecule has 1 atom stereocenters. The quantitative estimate of drug-likeness (QED) is 0.625. The summed E-state index contributed by atoms with van der Waals surface area (Å²) in [4.78, 5) is 38.9. The van der Waals surface area contributed by atoms with Gasteiger partial charge >= 0.3 is 6.03 Å². The molecule has 3 amide bonds. The lowest BCUT2D eigenvalue weighted by Gasteiger charge is -2.21. The van der Waals surface area contributed by atoms with Gasteiger partial charge < -0.3 is 9.73 Å². The van der Waals surface area contributed by atoms with Gasteiger partial charge in [-0.2, -0.15) is 0 Å². The second-order valence-corrected chi connectivity index (χ2v) is 7.14. The molecule has 1 aromatic carbocycles. The maximum atomic E-state index is 13.0. The van der Waals surface area contributed by atoms with Crippen LogP contribution in [0.3, 0.4) is 0 Å². The van der Waals surface area contributed by atoms with Crippen molar-refractivity contribution < 1.29 is 18.8 Å². The molecule has 1 N–H and O–H groups in total. The van der Waals surface area contributed by atoms with Gasteiger partial charge in [-0.1, -0.05) is 37.6 Å². The molecule has 2 aromatic rings. The number of carbonyl (C=O) groups excluding carboxylic acids is 3. The van der Waals surface area contributed by atoms with Crippen LogP contribution in [0.1, 0.15) is 53.3 Å². The number of imide groups is 1. The molecule has 142 valence electrons. The van der Waals surface area contributed by atoms with Crippen molar-refractivity contribution in [1.29, 1.82) is 0 Å². The van der Waals surface area contributed by atoms with Crippen molar-refractivity contribution in [1.82, 2.24) is 10.2 Å². The molecule has 27 heavy (non-hydrogen) atoms. The van der Waals surface area contributed by atoms with Gasteiger partial charge in [0.2, 0.25) is 0 Å². The first-order valence-electron chi connectivity index (χ1n) is 9.10. The van der Waals surface area contributed by atoms with Crippen LogP contribution >= 0.6 is 0 Å². The highest BCUT2D eigenvalue weighted by Gasteiger charge is 2.51. The Balaban J connectivity index is 1.79. The number of amides is 3. The minimum atomic E-state index is -1.23. The molecule has 0 bridgehead atoms. The Hall–Kier alpha value is -2.89. The summed E-state index contributed by atoms with van der Waals surface area (Å²) in [6.07, 6.45) is 1.98. The first kappa shape index (κ1) is 18.9. The van der Waals surface area contributed by atoms with E-state index in [9.17, 15) is 14.4 Å². The third-order valence-electron chi connectivity index (χ3n) is 4.97. The minimum Gasteiger partial charge on any atom is -0.466 e. The van der Waals surface area contributed by atoms with Crippen LogP contribution in [-0.4, -0.2) is 29.2 Å². The van der Waals surface area contributed by atoms with Gasteiger partial charge in [-0.25, -0.2) is 4.79 Å². The summed E-state index contributed by atoms with van der Waals surface area (Å²) in [7, 11) is 0. The predicted molar refractivity (Wildman–Crippen MR) is 101 cm³/mol. The molecule has 1 saturated heterocycles. The van der Waals surface area contributed by atoms with Crippen LogP contribution in [0.15, 0.2) is 34.7 Å². The third kappa shape index (κ3) is 3.39. The molecule has 2 heterocycles. The maximum Gasteiger partial charge on any atom is 0.325 e. The highest BCUT2D eigenvalue weighted by Crippen LogP contribution is 2.32. The average Bonchev–Trinajstić information content (AvgIpc) is 3.07. The van der Waals surface area contributed by atoms with E-state index in [2.05, 4.69) is 12.2 Å². The van der Waals surface area contributed by atoms with E-state index in [-0.39, 0.29) is 12.3 Å². The lowest BCUT2D eigenvalue weighted by Crippen LogP contribution is -2.41. The average molecular weight is 368 g/mol. The van der Waals surface area contributed by atoms with E-state index in [1.807, 2.05) is 12.1 Å². The van der Waals surface area contributed by atoms with Gasteiger partial charge in [-0.3, -0.25) is 14.5 Å². The number of carbonyl (C=O) groups is 3. The number of Topliss-reactive ketones (excluding diaryl/α,β-unsaturated/α-hetero) is 1. The second-order valence-electron chi connectivity index (χ2n) is 7.14. The number of urea groups is 1. The summed E-state index contributed by atoms with van der Waals surface area (Å²) < 4.78 is 5.50. The van der Waals surface area contributed by atoms with Gasteiger partial charge in [0.1, 0.15) is 17.1 Å². The molecule has 0 aliphatic carbocycles. The molecular formula is C21H24N2O4. The maximum absolute atomic E-state index is 13.0. The van der Waals surface area contributed by atoms with Crippen molar-refractivity contribution in [2.45, 2.75) is 46.1 Å². The Kier molecular flexibility index (Phi) is 4.91. The fourth-order valence-electron chi connectivity index (χ4n) is 3.53. The molecule has 3 rings (SSSR count). The molecule has 1 fully saturated rings. The first-order valence-corrected chi connectivity index (χ1v) is 9.10. The largest absolute Gasteiger partial charge is 0.466 e. The van der Waals surface area contributed by atoms with Gasteiger partial charge in [0, 0.05) is 11.1 Å². The van der Waals surface area contributed by atoms with Gasteiger partial charge in [-0.05, 0) is 38.8 Å². The zero-order valence-electron chi connectivity index (χ0n) is 16.1. The molecule has 0 saturated carbocycles. The number of benzene rings is 1. The van der Waals surface area contributed by atoms with Crippen molar-refractivity contribution in [2.75, 3.05) is 6.54 Å². The van der Waals surface area contributed by atoms with Crippen LogP contribution in [0.5, 0.6) is 0 Å². The number of aryl methyl sites for hydroxylation is 3. The highest BCUT2D eigenvalue weighted by molar-refractivity contribution is 6.11. The van der Waals surface area contributed by atoms with E-state index >= 15 is 0 Å². The van der Waals surface area contributed by atoms with E-state index < -0.39 is 17.5 Å². The van der Waals surface area contributed by atoms with Crippen molar-refractivity contribution in [2.24, 2.45) is 0 Å². The summed E-state index contributed by atoms with van der Waals surface area (Å²) in [6.45, 7) is 6.97. The number of furan rings is 1. The fourth-order valence-corrected chi connectivity index (χ4v) is 3.53. The van der Waals surface area contributed by atoms with E-state index in [4.69, 9.17) is 4.42 Å². The van der Waals surface area contributed by atoms with Crippen molar-refractivity contribution in [3.05, 3.63) is 58.5 Å². The molecular weight excluding hydrogens is 344 g/mol. The van der Waals surface area contributed by atoms with Crippen molar-refractivity contribution >= 4 is 17.7 Å². The summed E-state index contributed by atoms with van der Waals surface area (Å²) in [6, 6.07) is 8.47. The monoisotopic (exact) mass is 368 g/mol. The van der Waals surface area contributed by atoms with E-state index in [0.717, 1.165) is 23.3 Å². The zero-order valence-corrected chi connectivity index (χ0v) is 16.1. The fraction of sp³-hybridized carbons (Fsp3) is 0.381. The Morgan fingerprint density at radius 1 is 1.19 bits per heavy atom. The summed E-state index contributed by atoms with van der Waals surface area (Å²) in [5.74, 6) is 0.508. The molecule has 1 aliphatic heterocycles. The molecule has 1 aliphatic rings. The minimum absolute atomic E-state index is 0.272. The zero-order chi connectivity index (χ0) is 19.8. The number of hydrogen-bond donors (Lipinski definition) is 1. The van der Waals surface area contributed by atoms with Gasteiger partial charge in [0.05, 0.1) is 6.54 Å². The Morgan fingerprint density at radius 2 is 1.85 bits per heavy atom. The van der Waals surface area contributed by atoms with E-state index in [1.165, 1.54) is 0 Å². The number of nitrogens with one attached hydrogen (secondary N) is 1. The topological polar surface area (TPSA) is 79.6 Å². The summed E-state index contributed by atoms with van der Waals surface area (Å²) in [5.41, 5.74) is 1.02. The molecule has 1 unspecified atom stereocenters. The lowest BCUT2D eigenvalue weighted by atomic mass is 9.92. The molecule has 6 heteroatoms. The second kappa shape index (κ2) is 7.02. The predicted octanol–water partition coefficient (Wildman–Crippen LogP) is 3.50. The summed E-state index contributed by atoms with van der Waals surface area (Å²) in [5, 5.41) is 2.71. The molecule has 0 spiro atoms. The highest BCUT2D eigenvalue weighted by atomic mass is 16.3. The van der Waals surface area contributed by atoms with E-state index in [1.54, 1.807) is 39.0 Å². The van der Waals surface area contributed by atoms with Crippen LogP contribution in [0, 0.1) is 13.8 Å². The Bertz CT molecular complexity index is 897. The molecule has 6 nitrogen and oxygen atoms in total. The van der Waals surface area contributed by atoms with Crippen LogP contribution in [-0.2, 0) is 16.8 Å². The lowest BCUT2D eigenvalue weighted by molar-refractivity contribution is -0.130. The van der Waals surface area contributed by atoms with Crippen molar-refractivity contribution in [3.63, 3.8) is 0 Å². The number of ketones is 1. The van der Waals surface area contributed by atoms with Gasteiger partial charge in [0.15, 0.2) is 5.78 Å². The normalized spacial score (nSPS) is 19.5. The Morgan fingerprint density at radius 3 is 2.41 bits per heavy atom. The third-order valence-corrected chi connectivity index (χ3v) is 4.97. The standard InChI is InChI=1S/C21H24N2O4/c1-5-6-15-7-9-16(10-8-15)18(24)12-23-19(25)21(4,22-20(23)26)17-11-13(2)27-14(17)3/h7-11H,5-6,12H2,1-4H3,(H,22,26). The Labute approximate surface area is 158 Å². The number of nitrogens with zero attached hydrogens (tertiary/aromatic N) is 1. The van der Waals surface area contributed by atoms with E-state index in [0.29, 0.717) is 22.6 Å². The van der Waals surface area contributed by atoms with Crippen LogP contribution in [0.2, 0.25) is 0 Å². The van der Waals surface area contributed by atoms with Gasteiger partial charge in [0.25, 0.3) is 5.91 Å². The summed E-state index contributed by atoms with van der Waals surface area (Å²) >= 11 is 0. The first-order chi connectivity index (χ1) is 12.8.